The summed E-state index contributed by atoms with van der Waals surface area (Å²) in [7, 11) is 3.73. The molecule has 18 heavy (non-hydrogen) atoms. The Balaban J connectivity index is 2.20. The average Bonchev–Trinajstić information content (AvgIpc) is 2.32. The van der Waals surface area contributed by atoms with Crippen LogP contribution < -0.4 is 5.56 Å². The van der Waals surface area contributed by atoms with Gasteiger partial charge in [-0.3, -0.25) is 9.59 Å². The highest BCUT2D eigenvalue weighted by Gasteiger charge is 2.26. The highest BCUT2D eigenvalue weighted by molar-refractivity contribution is 5.94. The van der Waals surface area contributed by atoms with Crippen molar-refractivity contribution in [3.63, 3.8) is 0 Å². The Morgan fingerprint density at radius 1 is 1.33 bits per heavy atom. The summed E-state index contributed by atoms with van der Waals surface area (Å²) in [4.78, 5) is 27.9. The number of carbonyl (C=O) groups is 1. The number of carbonyl (C=O) groups excluding carboxylic acids is 1. The molecule has 1 fully saturated rings. The molecule has 0 aliphatic carbocycles. The summed E-state index contributed by atoms with van der Waals surface area (Å²) in [5.41, 5.74) is 0.331. The molecule has 1 unspecified atom stereocenters. The van der Waals surface area contributed by atoms with Crippen LogP contribution in [0.25, 0.3) is 0 Å². The van der Waals surface area contributed by atoms with Gasteiger partial charge in [0.1, 0.15) is 0 Å². The lowest BCUT2D eigenvalue weighted by atomic mass is 10.1. The number of hydrogen-bond acceptors (Lipinski definition) is 3. The average molecular weight is 249 g/mol. The zero-order valence-electron chi connectivity index (χ0n) is 11.1. The molecular formula is C13H19N3O2. The van der Waals surface area contributed by atoms with E-state index in [1.165, 1.54) is 10.6 Å². The van der Waals surface area contributed by atoms with Crippen molar-refractivity contribution in [2.75, 3.05) is 26.7 Å². The van der Waals surface area contributed by atoms with Gasteiger partial charge in [-0.2, -0.15) is 0 Å². The fraction of sp³-hybridized carbons (Fsp3) is 0.538. The molecule has 1 aliphatic heterocycles. The van der Waals surface area contributed by atoms with Crippen molar-refractivity contribution in [2.24, 2.45) is 7.05 Å². The maximum absolute atomic E-state index is 12.3. The van der Waals surface area contributed by atoms with Gasteiger partial charge in [0.15, 0.2) is 0 Å². The summed E-state index contributed by atoms with van der Waals surface area (Å²) in [6, 6.07) is 3.29. The van der Waals surface area contributed by atoms with Crippen molar-refractivity contribution in [1.29, 1.82) is 0 Å². The quantitative estimate of drug-likeness (QED) is 0.712. The topological polar surface area (TPSA) is 45.5 Å². The van der Waals surface area contributed by atoms with E-state index in [1.807, 2.05) is 11.8 Å². The largest absolute Gasteiger partial charge is 0.333 e. The Bertz CT molecular complexity index is 509. The molecule has 98 valence electrons. The summed E-state index contributed by atoms with van der Waals surface area (Å²) in [5, 5.41) is 0. The predicted molar refractivity (Wildman–Crippen MR) is 69.7 cm³/mol. The molecule has 0 radical (unpaired) electrons. The molecule has 1 aromatic heterocycles. The molecule has 0 N–H and O–H groups in total. The lowest BCUT2D eigenvalue weighted by Gasteiger charge is -2.38. The minimum atomic E-state index is -0.150. The van der Waals surface area contributed by atoms with Crippen molar-refractivity contribution in [3.8, 4) is 0 Å². The van der Waals surface area contributed by atoms with Crippen LogP contribution in [-0.2, 0) is 7.05 Å². The molecule has 5 nitrogen and oxygen atoms in total. The van der Waals surface area contributed by atoms with E-state index in [9.17, 15) is 9.59 Å². The van der Waals surface area contributed by atoms with Gasteiger partial charge in [-0.1, -0.05) is 0 Å². The maximum atomic E-state index is 12.3. The highest BCUT2D eigenvalue weighted by Crippen LogP contribution is 2.12. The van der Waals surface area contributed by atoms with E-state index in [0.29, 0.717) is 12.1 Å². The van der Waals surface area contributed by atoms with Crippen LogP contribution in [0, 0.1) is 0 Å². The third-order valence-electron chi connectivity index (χ3n) is 3.44. The van der Waals surface area contributed by atoms with E-state index < -0.39 is 0 Å². The zero-order valence-corrected chi connectivity index (χ0v) is 11.1. The van der Waals surface area contributed by atoms with Crippen LogP contribution >= 0.6 is 0 Å². The predicted octanol–water partition coefficient (Wildman–Crippen LogP) is 0.161. The van der Waals surface area contributed by atoms with E-state index in [4.69, 9.17) is 0 Å². The fourth-order valence-corrected chi connectivity index (χ4v) is 2.29. The number of amides is 1. The minimum Gasteiger partial charge on any atom is -0.333 e. The maximum Gasteiger partial charge on any atom is 0.254 e. The molecule has 2 heterocycles. The Morgan fingerprint density at radius 3 is 2.67 bits per heavy atom. The van der Waals surface area contributed by atoms with Crippen LogP contribution in [0.1, 0.15) is 17.3 Å². The molecule has 0 saturated carbocycles. The van der Waals surface area contributed by atoms with Crippen molar-refractivity contribution in [2.45, 2.75) is 13.0 Å². The van der Waals surface area contributed by atoms with Crippen LogP contribution in [0.15, 0.2) is 23.1 Å². The van der Waals surface area contributed by atoms with Gasteiger partial charge in [0.2, 0.25) is 0 Å². The lowest BCUT2D eigenvalue weighted by Crippen LogP contribution is -2.52. The second kappa shape index (κ2) is 4.94. The summed E-state index contributed by atoms with van der Waals surface area (Å²) in [6.07, 6.45) is 1.64. The molecular weight excluding hydrogens is 230 g/mol. The normalized spacial score (nSPS) is 21.1. The van der Waals surface area contributed by atoms with Gasteiger partial charge in [-0.05, 0) is 20.0 Å². The second-order valence-corrected chi connectivity index (χ2v) is 4.97. The third kappa shape index (κ3) is 2.46. The van der Waals surface area contributed by atoms with Gasteiger partial charge in [0, 0.05) is 50.6 Å². The van der Waals surface area contributed by atoms with E-state index in [2.05, 4.69) is 11.9 Å². The Kier molecular flexibility index (Phi) is 3.52. The Hall–Kier alpha value is -1.62. The SMILES string of the molecule is CC1CN(C)CCN1C(=O)c1ccn(C)c(=O)c1. The smallest absolute Gasteiger partial charge is 0.254 e. The Morgan fingerprint density at radius 2 is 2.06 bits per heavy atom. The molecule has 0 bridgehead atoms. The standard InChI is InChI=1S/C13H19N3O2/c1-10-9-14(2)6-7-16(10)13(18)11-4-5-15(3)12(17)8-11/h4-5,8,10H,6-7,9H2,1-3H3. The molecule has 1 saturated heterocycles. The number of pyridine rings is 1. The van der Waals surface area contributed by atoms with Crippen LogP contribution in [0.4, 0.5) is 0 Å². The van der Waals surface area contributed by atoms with Gasteiger partial charge in [0.05, 0.1) is 0 Å². The van der Waals surface area contributed by atoms with E-state index in [-0.39, 0.29) is 17.5 Å². The van der Waals surface area contributed by atoms with Crippen molar-refractivity contribution in [1.82, 2.24) is 14.4 Å². The summed E-state index contributed by atoms with van der Waals surface area (Å²) >= 11 is 0. The van der Waals surface area contributed by atoms with Crippen LogP contribution in [0.3, 0.4) is 0 Å². The van der Waals surface area contributed by atoms with Crippen molar-refractivity contribution in [3.05, 3.63) is 34.2 Å². The van der Waals surface area contributed by atoms with Gasteiger partial charge in [0.25, 0.3) is 11.5 Å². The number of rotatable bonds is 1. The first-order valence-corrected chi connectivity index (χ1v) is 6.15. The Labute approximate surface area is 107 Å². The number of likely N-dealkylation sites (N-methyl/N-ethyl adjacent to an activating group) is 1. The van der Waals surface area contributed by atoms with Gasteiger partial charge < -0.3 is 14.4 Å². The van der Waals surface area contributed by atoms with Gasteiger partial charge in [-0.15, -0.1) is 0 Å². The third-order valence-corrected chi connectivity index (χ3v) is 3.44. The van der Waals surface area contributed by atoms with Gasteiger partial charge in [-0.25, -0.2) is 0 Å². The van der Waals surface area contributed by atoms with Crippen LogP contribution in [-0.4, -0.2) is 53.0 Å². The first kappa shape index (κ1) is 12.8. The van der Waals surface area contributed by atoms with Crippen molar-refractivity contribution < 1.29 is 4.79 Å². The summed E-state index contributed by atoms with van der Waals surface area (Å²) in [5.74, 6) is -0.0479. The molecule has 1 amide bonds. The summed E-state index contributed by atoms with van der Waals surface area (Å²) < 4.78 is 1.46. The van der Waals surface area contributed by atoms with Gasteiger partial charge >= 0.3 is 0 Å². The minimum absolute atomic E-state index is 0.0479. The number of aryl methyl sites for hydroxylation is 1. The van der Waals surface area contributed by atoms with Crippen LogP contribution in [0.5, 0.6) is 0 Å². The molecule has 1 atom stereocenters. The van der Waals surface area contributed by atoms with E-state index >= 15 is 0 Å². The monoisotopic (exact) mass is 249 g/mol. The number of hydrogen-bond donors (Lipinski definition) is 0. The molecule has 2 rings (SSSR count). The van der Waals surface area contributed by atoms with E-state index in [1.54, 1.807) is 19.3 Å². The lowest BCUT2D eigenvalue weighted by molar-refractivity contribution is 0.0533. The van der Waals surface area contributed by atoms with Crippen LogP contribution in [0.2, 0.25) is 0 Å². The molecule has 1 aromatic rings. The fourth-order valence-electron chi connectivity index (χ4n) is 2.29. The second-order valence-electron chi connectivity index (χ2n) is 4.97. The molecule has 0 aromatic carbocycles. The zero-order chi connectivity index (χ0) is 13.3. The summed E-state index contributed by atoms with van der Waals surface area (Å²) in [6.45, 7) is 4.50. The number of aromatic nitrogens is 1. The first-order valence-electron chi connectivity index (χ1n) is 6.15. The highest BCUT2D eigenvalue weighted by atomic mass is 16.2. The molecule has 0 spiro atoms. The number of nitrogens with zero attached hydrogens (tertiary/aromatic N) is 3. The number of piperazine rings is 1. The molecule has 1 aliphatic rings. The molecule has 5 heteroatoms. The first-order chi connectivity index (χ1) is 8.49. The van der Waals surface area contributed by atoms with Crippen molar-refractivity contribution >= 4 is 5.91 Å². The van der Waals surface area contributed by atoms with E-state index in [0.717, 1.165) is 13.1 Å².